The average molecular weight is 600 g/mol. The van der Waals surface area contributed by atoms with E-state index in [4.69, 9.17) is 4.42 Å². The normalized spacial score (nSPS) is 13.9. The maximum Gasteiger partial charge on any atom is 0.160 e. The number of benzene rings is 8. The Labute approximate surface area is 271 Å². The molecule has 0 unspecified atom stereocenters. The first-order valence-corrected chi connectivity index (χ1v) is 16.5. The van der Waals surface area contributed by atoms with Crippen molar-refractivity contribution in [2.45, 2.75) is 19.3 Å². The van der Waals surface area contributed by atoms with E-state index in [1.54, 1.807) is 0 Å². The van der Waals surface area contributed by atoms with Gasteiger partial charge in [-0.25, -0.2) is 0 Å². The summed E-state index contributed by atoms with van der Waals surface area (Å²) in [5, 5.41) is 12.4. The Morgan fingerprint density at radius 3 is 1.81 bits per heavy atom. The molecule has 0 amide bonds. The molecule has 10 aromatic rings. The molecule has 11 rings (SSSR count). The van der Waals surface area contributed by atoms with Crippen LogP contribution in [0.1, 0.15) is 25.0 Å². The quantitative estimate of drug-likeness (QED) is 0.172. The van der Waals surface area contributed by atoms with E-state index in [2.05, 4.69) is 158 Å². The summed E-state index contributed by atoms with van der Waals surface area (Å²) in [5.74, 6) is 0. The van der Waals surface area contributed by atoms with Crippen molar-refractivity contribution in [3.8, 4) is 16.8 Å². The molecule has 0 spiro atoms. The smallest absolute Gasteiger partial charge is 0.160 e. The van der Waals surface area contributed by atoms with Crippen molar-refractivity contribution in [1.29, 1.82) is 0 Å². The van der Waals surface area contributed by atoms with Crippen LogP contribution in [0.4, 0.5) is 0 Å². The molecule has 0 fully saturated rings. The van der Waals surface area contributed by atoms with Gasteiger partial charge in [0, 0.05) is 43.4 Å². The van der Waals surface area contributed by atoms with E-state index in [0.717, 1.165) is 27.8 Å². The molecule has 220 valence electrons. The van der Waals surface area contributed by atoms with Crippen molar-refractivity contribution in [2.24, 2.45) is 0 Å². The minimum Gasteiger partial charge on any atom is -0.454 e. The van der Waals surface area contributed by atoms with Crippen molar-refractivity contribution >= 4 is 76.1 Å². The molecule has 47 heavy (non-hydrogen) atoms. The van der Waals surface area contributed by atoms with Gasteiger partial charge in [0.15, 0.2) is 5.58 Å². The molecule has 1 aliphatic rings. The highest BCUT2D eigenvalue weighted by Gasteiger charge is 2.36. The van der Waals surface area contributed by atoms with Gasteiger partial charge in [-0.2, -0.15) is 0 Å². The maximum atomic E-state index is 6.99. The first kappa shape index (κ1) is 25.3. The highest BCUT2D eigenvalue weighted by atomic mass is 16.3. The van der Waals surface area contributed by atoms with Crippen molar-refractivity contribution in [3.63, 3.8) is 0 Å². The molecule has 0 saturated carbocycles. The van der Waals surface area contributed by atoms with Crippen LogP contribution in [-0.4, -0.2) is 4.57 Å². The third-order valence-corrected chi connectivity index (χ3v) is 10.9. The fraction of sp³-hybridized carbons (Fsp3) is 0.0667. The molecule has 2 heteroatoms. The topological polar surface area (TPSA) is 18.1 Å². The van der Waals surface area contributed by atoms with E-state index >= 15 is 0 Å². The molecule has 1 aliphatic carbocycles. The highest BCUT2D eigenvalue weighted by Crippen LogP contribution is 2.52. The summed E-state index contributed by atoms with van der Waals surface area (Å²) in [6.07, 6.45) is 0. The van der Waals surface area contributed by atoms with E-state index < -0.39 is 0 Å². The van der Waals surface area contributed by atoms with Gasteiger partial charge >= 0.3 is 0 Å². The Kier molecular flexibility index (Phi) is 4.68. The third kappa shape index (κ3) is 3.06. The van der Waals surface area contributed by atoms with Crippen LogP contribution in [0.15, 0.2) is 144 Å². The lowest BCUT2D eigenvalue weighted by atomic mass is 9.82. The molecule has 2 aromatic heterocycles. The SMILES string of the molecule is CC1(C)c2ccccc2-c2ccc(-n3c4ccccc4c4c5c6ccccc6c6ccccc6c5c5c6ccccc6oc5c43)cc21. The van der Waals surface area contributed by atoms with Crippen molar-refractivity contribution in [3.05, 3.63) is 151 Å². The van der Waals surface area contributed by atoms with E-state index in [1.807, 2.05) is 0 Å². The van der Waals surface area contributed by atoms with Crippen LogP contribution in [-0.2, 0) is 5.41 Å². The molecule has 0 saturated heterocycles. The summed E-state index contributed by atoms with van der Waals surface area (Å²) >= 11 is 0. The van der Waals surface area contributed by atoms with Crippen molar-refractivity contribution in [2.75, 3.05) is 0 Å². The Balaban J connectivity index is 1.42. The number of nitrogens with zero attached hydrogens (tertiary/aromatic N) is 1. The second-order valence-corrected chi connectivity index (χ2v) is 13.6. The zero-order chi connectivity index (χ0) is 31.0. The highest BCUT2D eigenvalue weighted by molar-refractivity contribution is 6.44. The Bertz CT molecular complexity index is 2990. The summed E-state index contributed by atoms with van der Waals surface area (Å²) in [5.41, 5.74) is 10.6. The second kappa shape index (κ2) is 8.69. The Morgan fingerprint density at radius 2 is 1.04 bits per heavy atom. The van der Waals surface area contributed by atoms with Crippen LogP contribution >= 0.6 is 0 Å². The lowest BCUT2D eigenvalue weighted by molar-refractivity contribution is 0.660. The predicted octanol–water partition coefficient (Wildman–Crippen LogP) is 12.4. The van der Waals surface area contributed by atoms with Crippen molar-refractivity contribution < 1.29 is 4.42 Å². The average Bonchev–Trinajstić information content (AvgIpc) is 3.74. The van der Waals surface area contributed by atoms with Crippen molar-refractivity contribution in [1.82, 2.24) is 4.57 Å². The number of para-hydroxylation sites is 2. The lowest BCUT2D eigenvalue weighted by Gasteiger charge is -2.22. The molecule has 2 nitrogen and oxygen atoms in total. The number of hydrogen-bond donors (Lipinski definition) is 0. The van der Waals surface area contributed by atoms with Gasteiger partial charge in [-0.3, -0.25) is 0 Å². The zero-order valence-electron chi connectivity index (χ0n) is 26.1. The van der Waals surface area contributed by atoms with E-state index in [-0.39, 0.29) is 5.41 Å². The molecule has 0 radical (unpaired) electrons. The van der Waals surface area contributed by atoms with Gasteiger partial charge in [0.1, 0.15) is 5.58 Å². The monoisotopic (exact) mass is 599 g/mol. The summed E-state index contributed by atoms with van der Waals surface area (Å²) in [6, 6.07) is 51.2. The number of furan rings is 1. The summed E-state index contributed by atoms with van der Waals surface area (Å²) in [4.78, 5) is 0. The van der Waals surface area contributed by atoms with Gasteiger partial charge in [0.25, 0.3) is 0 Å². The molecular formula is C45H29NO. The van der Waals surface area contributed by atoms with E-state index in [1.165, 1.54) is 76.2 Å². The van der Waals surface area contributed by atoms with Gasteiger partial charge in [-0.1, -0.05) is 129 Å². The van der Waals surface area contributed by atoms with Gasteiger partial charge in [0.05, 0.1) is 11.0 Å². The fourth-order valence-corrected chi connectivity index (χ4v) is 8.93. The number of aromatic nitrogens is 1. The second-order valence-electron chi connectivity index (χ2n) is 13.6. The molecule has 0 aliphatic heterocycles. The largest absolute Gasteiger partial charge is 0.454 e. The van der Waals surface area contributed by atoms with Crippen LogP contribution in [0.5, 0.6) is 0 Å². The van der Waals surface area contributed by atoms with Crippen LogP contribution in [0, 0.1) is 0 Å². The summed E-state index contributed by atoms with van der Waals surface area (Å²) in [6.45, 7) is 4.71. The Morgan fingerprint density at radius 1 is 0.468 bits per heavy atom. The predicted molar refractivity (Wildman–Crippen MR) is 198 cm³/mol. The molecule has 8 aromatic carbocycles. The molecule has 2 heterocycles. The number of hydrogen-bond acceptors (Lipinski definition) is 1. The van der Waals surface area contributed by atoms with E-state index in [9.17, 15) is 0 Å². The Hall–Kier alpha value is -5.86. The van der Waals surface area contributed by atoms with Gasteiger partial charge in [-0.15, -0.1) is 0 Å². The maximum absolute atomic E-state index is 6.99. The van der Waals surface area contributed by atoms with Crippen LogP contribution < -0.4 is 0 Å². The van der Waals surface area contributed by atoms with Gasteiger partial charge in [-0.05, 0) is 68.1 Å². The lowest BCUT2D eigenvalue weighted by Crippen LogP contribution is -2.15. The van der Waals surface area contributed by atoms with E-state index in [0.29, 0.717) is 0 Å². The first-order valence-electron chi connectivity index (χ1n) is 16.5. The van der Waals surface area contributed by atoms with Gasteiger partial charge in [0.2, 0.25) is 0 Å². The molecule has 0 bridgehead atoms. The van der Waals surface area contributed by atoms with Crippen LogP contribution in [0.2, 0.25) is 0 Å². The fourth-order valence-electron chi connectivity index (χ4n) is 8.93. The first-order chi connectivity index (χ1) is 23.1. The number of rotatable bonds is 1. The molecule has 0 N–H and O–H groups in total. The standard InChI is InChI=1S/C45H29NO/c1-45(2)35-20-10-7-15-29(35)30-24-23-26(25-36(30)45)46-37-21-11-8-18-33(37)41-39-31-16-5-3-13-27(31)28-14-4-6-17-32(28)40(39)42-34-19-9-12-22-38(34)47-44(42)43(41)46/h3-25H,1-2H3. The summed E-state index contributed by atoms with van der Waals surface area (Å²) < 4.78 is 9.46. The number of fused-ring (bicyclic) bond motifs is 18. The summed E-state index contributed by atoms with van der Waals surface area (Å²) in [7, 11) is 0. The zero-order valence-corrected chi connectivity index (χ0v) is 26.1. The molecular weight excluding hydrogens is 571 g/mol. The molecule has 0 atom stereocenters. The van der Waals surface area contributed by atoms with Crippen LogP contribution in [0.3, 0.4) is 0 Å². The minimum absolute atomic E-state index is 0.100. The van der Waals surface area contributed by atoms with Crippen LogP contribution in [0.25, 0.3) is 92.9 Å². The minimum atomic E-state index is -0.100. The van der Waals surface area contributed by atoms with Gasteiger partial charge < -0.3 is 8.98 Å². The third-order valence-electron chi connectivity index (χ3n) is 10.9.